The van der Waals surface area contributed by atoms with E-state index in [-0.39, 0.29) is 0 Å². The van der Waals surface area contributed by atoms with Crippen LogP contribution in [-0.2, 0) is 11.8 Å². The van der Waals surface area contributed by atoms with Gasteiger partial charge < -0.3 is 0 Å². The number of hydrogen-bond acceptors (Lipinski definition) is 10. The molecule has 3 heterocycles. The van der Waals surface area contributed by atoms with E-state index in [9.17, 15) is 0 Å². The second kappa shape index (κ2) is 14.0. The molecule has 9 rings (SSSR count). The molecule has 0 aliphatic carbocycles. The highest BCUT2D eigenvalue weighted by molar-refractivity contribution is 9.23. The van der Waals surface area contributed by atoms with Crippen LogP contribution < -0.4 is 0 Å². The normalized spacial score (nSPS) is 11.9. The lowest BCUT2D eigenvalue weighted by Crippen LogP contribution is -1.84. The third-order valence-electron chi connectivity index (χ3n) is 7.86. The number of rotatable bonds is 9. The lowest BCUT2D eigenvalue weighted by molar-refractivity contribution is 1.40. The Morgan fingerprint density at radius 1 is 0.380 bits per heavy atom. The van der Waals surface area contributed by atoms with E-state index < -0.39 is 3.64 Å². The first kappa shape index (κ1) is 32.6. The zero-order chi connectivity index (χ0) is 33.5. The summed E-state index contributed by atoms with van der Waals surface area (Å²) in [5.74, 6) is 0. The Kier molecular flexibility index (Phi) is 9.13. The number of para-hydroxylation sites is 3. The van der Waals surface area contributed by atoms with Gasteiger partial charge in [-0.15, -0.1) is 34.0 Å². The first-order chi connectivity index (χ1) is 24.6. The predicted octanol–water partition coefficient (Wildman–Crippen LogP) is 14.4. The van der Waals surface area contributed by atoms with E-state index in [0.29, 0.717) is 0 Å². The van der Waals surface area contributed by atoms with Crippen molar-refractivity contribution in [2.24, 2.45) is 0 Å². The molecule has 0 saturated carbocycles. The predicted molar refractivity (Wildman–Crippen MR) is 227 cm³/mol. The number of nitrogens with zero attached hydrogens (tertiary/aromatic N) is 3. The molecule has 11 heteroatoms. The molecule has 50 heavy (non-hydrogen) atoms. The SMILES string of the molecule is S=P(Sc1ccccc1-c1nc2ccccc2s1)(Sc1ccccc1-c1nc2ccccc2s1)Sc1ccccc1-c1nc2ccccc2s1. The maximum atomic E-state index is 6.92. The molecular formula is C39H24N3PS7. The molecule has 0 fully saturated rings. The molecular weight excluding hydrogens is 766 g/mol. The summed E-state index contributed by atoms with van der Waals surface area (Å²) in [6, 6.07) is 50.8. The van der Waals surface area contributed by atoms with Crippen molar-refractivity contribution in [3.05, 3.63) is 146 Å². The molecule has 3 aromatic heterocycles. The molecule has 3 nitrogen and oxygen atoms in total. The van der Waals surface area contributed by atoms with Crippen LogP contribution in [0.2, 0.25) is 0 Å². The maximum Gasteiger partial charge on any atom is 0.125 e. The summed E-state index contributed by atoms with van der Waals surface area (Å²) in [7, 11) is 0. The quantitative estimate of drug-likeness (QED) is 0.135. The lowest BCUT2D eigenvalue weighted by Gasteiger charge is -2.23. The van der Waals surface area contributed by atoms with Gasteiger partial charge in [-0.2, -0.15) is 0 Å². The van der Waals surface area contributed by atoms with Crippen LogP contribution in [0.4, 0.5) is 0 Å². The minimum Gasteiger partial charge on any atom is -0.236 e. The lowest BCUT2D eigenvalue weighted by atomic mass is 10.2. The van der Waals surface area contributed by atoms with Crippen LogP contribution in [0.3, 0.4) is 0 Å². The van der Waals surface area contributed by atoms with Gasteiger partial charge in [0, 0.05) is 31.4 Å². The third kappa shape index (κ3) is 6.60. The Labute approximate surface area is 318 Å². The van der Waals surface area contributed by atoms with Crippen LogP contribution in [0.25, 0.3) is 62.4 Å². The van der Waals surface area contributed by atoms with Gasteiger partial charge in [0.15, 0.2) is 0 Å². The summed E-state index contributed by atoms with van der Waals surface area (Å²) in [4.78, 5) is 18.6. The summed E-state index contributed by atoms with van der Waals surface area (Å²) in [6.07, 6.45) is 0. The Hall–Kier alpha value is -3.31. The van der Waals surface area contributed by atoms with Crippen LogP contribution in [0.5, 0.6) is 0 Å². The zero-order valence-electron chi connectivity index (χ0n) is 26.0. The number of aromatic nitrogens is 3. The molecule has 0 unspecified atom stereocenters. The van der Waals surface area contributed by atoms with Gasteiger partial charge in [0.05, 0.1) is 30.6 Å². The topological polar surface area (TPSA) is 38.7 Å². The van der Waals surface area contributed by atoms with Gasteiger partial charge in [-0.3, -0.25) is 0 Å². The van der Waals surface area contributed by atoms with Crippen LogP contribution in [0.1, 0.15) is 0 Å². The third-order valence-corrected chi connectivity index (χ3v) is 23.2. The largest absolute Gasteiger partial charge is 0.236 e. The fraction of sp³-hybridized carbons (Fsp3) is 0. The Morgan fingerprint density at radius 3 is 0.980 bits per heavy atom. The van der Waals surface area contributed by atoms with Crippen molar-refractivity contribution < 1.29 is 0 Å². The molecule has 0 saturated heterocycles. The van der Waals surface area contributed by atoms with Gasteiger partial charge in [-0.25, -0.2) is 15.0 Å². The van der Waals surface area contributed by atoms with Crippen molar-refractivity contribution in [3.8, 4) is 31.7 Å². The van der Waals surface area contributed by atoms with Crippen molar-refractivity contribution in [2.45, 2.75) is 14.7 Å². The number of benzene rings is 6. The summed E-state index contributed by atoms with van der Waals surface area (Å²) >= 11 is 17.5. The van der Waals surface area contributed by atoms with E-state index in [4.69, 9.17) is 26.8 Å². The molecule has 242 valence electrons. The summed E-state index contributed by atoms with van der Waals surface area (Å²) in [5, 5.41) is 3.03. The molecule has 0 bridgehead atoms. The van der Waals surface area contributed by atoms with Crippen molar-refractivity contribution >= 4 is 114 Å². The standard InChI is InChI=1S/C39H24N3PS7/c44-43(48-31-19-7-1-13-25(31)37-40-28-16-4-10-22-34(28)45-37,49-32-20-8-2-14-26(32)38-41-29-17-5-11-23-35(29)46-38)50-33-21-9-3-15-27(33)39-42-30-18-6-12-24-36(30)47-39/h1-24H. The molecule has 0 amide bonds. The molecule has 0 aliphatic heterocycles. The zero-order valence-corrected chi connectivity index (χ0v) is 32.6. The fourth-order valence-electron chi connectivity index (χ4n) is 5.55. The van der Waals surface area contributed by atoms with Gasteiger partial charge in [0.1, 0.15) is 18.7 Å². The average Bonchev–Trinajstić information content (AvgIpc) is 3.89. The average molecular weight is 790 g/mol. The van der Waals surface area contributed by atoms with Crippen molar-refractivity contribution in [1.82, 2.24) is 15.0 Å². The van der Waals surface area contributed by atoms with Crippen molar-refractivity contribution in [3.63, 3.8) is 0 Å². The van der Waals surface area contributed by atoms with Crippen LogP contribution in [-0.4, -0.2) is 15.0 Å². The van der Waals surface area contributed by atoms with E-state index in [2.05, 4.69) is 127 Å². The fourth-order valence-corrected chi connectivity index (χ4v) is 22.2. The maximum absolute atomic E-state index is 6.92. The Bertz CT molecular complexity index is 2320. The summed E-state index contributed by atoms with van der Waals surface area (Å²) in [5.41, 5.74) is 6.41. The van der Waals surface area contributed by atoms with Gasteiger partial charge in [0.2, 0.25) is 0 Å². The molecule has 0 radical (unpaired) electrons. The highest BCUT2D eigenvalue weighted by Crippen LogP contribution is 2.84. The van der Waals surface area contributed by atoms with Crippen LogP contribution in [0.15, 0.2) is 160 Å². The smallest absolute Gasteiger partial charge is 0.125 e. The monoisotopic (exact) mass is 789 g/mol. The van der Waals surface area contributed by atoms with Crippen LogP contribution >= 0.6 is 71.8 Å². The Morgan fingerprint density at radius 2 is 0.660 bits per heavy atom. The number of fused-ring (bicyclic) bond motifs is 3. The van der Waals surface area contributed by atoms with Gasteiger partial charge in [-0.1, -0.05) is 137 Å². The van der Waals surface area contributed by atoms with E-state index in [1.54, 1.807) is 34.0 Å². The van der Waals surface area contributed by atoms with Crippen molar-refractivity contribution in [2.75, 3.05) is 0 Å². The number of hydrogen-bond donors (Lipinski definition) is 0. The van der Waals surface area contributed by atoms with E-state index in [1.165, 1.54) is 14.1 Å². The van der Waals surface area contributed by atoms with E-state index >= 15 is 0 Å². The van der Waals surface area contributed by atoms with Gasteiger partial charge in [0.25, 0.3) is 0 Å². The molecule has 0 atom stereocenters. The van der Waals surface area contributed by atoms with E-state index in [1.807, 2.05) is 52.3 Å². The van der Waals surface area contributed by atoms with Crippen LogP contribution in [0, 0.1) is 0 Å². The second-order valence-electron chi connectivity index (χ2n) is 11.2. The summed E-state index contributed by atoms with van der Waals surface area (Å²) in [6.45, 7) is 0. The highest BCUT2D eigenvalue weighted by Gasteiger charge is 2.28. The molecule has 9 aromatic rings. The van der Waals surface area contributed by atoms with Gasteiger partial charge in [-0.05, 0) is 54.6 Å². The molecule has 0 spiro atoms. The minimum atomic E-state index is -2.42. The van der Waals surface area contributed by atoms with E-state index in [0.717, 1.165) is 62.9 Å². The van der Waals surface area contributed by atoms with Gasteiger partial charge >= 0.3 is 0 Å². The highest BCUT2D eigenvalue weighted by atomic mass is 33.5. The first-order valence-electron chi connectivity index (χ1n) is 15.6. The Balaban J connectivity index is 1.15. The molecule has 0 N–H and O–H groups in total. The minimum absolute atomic E-state index is 1.01. The summed E-state index contributed by atoms with van der Waals surface area (Å²) < 4.78 is 1.12. The second-order valence-corrected chi connectivity index (χ2v) is 29.4. The first-order valence-corrected chi connectivity index (χ1v) is 25.1. The molecule has 0 aliphatic rings. The molecule has 6 aromatic carbocycles. The van der Waals surface area contributed by atoms with Crippen molar-refractivity contribution in [1.29, 1.82) is 0 Å². The number of thiazole rings is 3.